The van der Waals surface area contributed by atoms with E-state index in [1.165, 1.54) is 6.92 Å². The van der Waals surface area contributed by atoms with Gasteiger partial charge in [0.2, 0.25) is 0 Å². The van der Waals surface area contributed by atoms with Crippen molar-refractivity contribution in [2.45, 2.75) is 63.7 Å². The maximum Gasteiger partial charge on any atom is 0.329 e. The highest BCUT2D eigenvalue weighted by Crippen LogP contribution is 2.32. The highest BCUT2D eigenvalue weighted by molar-refractivity contribution is 5.92. The first kappa shape index (κ1) is 25.6. The van der Waals surface area contributed by atoms with Crippen LogP contribution in [-0.2, 0) is 21.0 Å². The summed E-state index contributed by atoms with van der Waals surface area (Å²) in [6.07, 6.45) is 3.05. The number of amides is 5. The van der Waals surface area contributed by atoms with E-state index in [9.17, 15) is 19.2 Å². The maximum absolute atomic E-state index is 13.4. The zero-order valence-electron chi connectivity index (χ0n) is 21.5. The molecule has 2 aromatic rings. The van der Waals surface area contributed by atoms with Gasteiger partial charge in [0.15, 0.2) is 0 Å². The topological polar surface area (TPSA) is 111 Å². The fraction of sp³-hybridized carbons (Fsp3) is 0.429. The van der Waals surface area contributed by atoms with Crippen molar-refractivity contribution in [2.75, 3.05) is 18.4 Å². The van der Waals surface area contributed by atoms with E-state index in [0.29, 0.717) is 51.7 Å². The van der Waals surface area contributed by atoms with Gasteiger partial charge in [0.1, 0.15) is 6.04 Å². The first-order valence-electron chi connectivity index (χ1n) is 13.2. The Morgan fingerprint density at radius 1 is 0.947 bits per heavy atom. The van der Waals surface area contributed by atoms with Crippen LogP contribution in [0.2, 0.25) is 0 Å². The van der Waals surface area contributed by atoms with Gasteiger partial charge < -0.3 is 25.3 Å². The summed E-state index contributed by atoms with van der Waals surface area (Å²) in [5.74, 6) is -1.02. The van der Waals surface area contributed by atoms with Gasteiger partial charge in [-0.25, -0.2) is 9.59 Å². The quantitative estimate of drug-likeness (QED) is 0.638. The van der Waals surface area contributed by atoms with Crippen molar-refractivity contribution in [1.29, 1.82) is 0 Å². The predicted molar refractivity (Wildman–Crippen MR) is 140 cm³/mol. The van der Waals surface area contributed by atoms with Gasteiger partial charge >= 0.3 is 18.0 Å². The monoisotopic (exact) mass is 519 g/mol. The maximum atomic E-state index is 13.4. The van der Waals surface area contributed by atoms with E-state index in [1.807, 2.05) is 59.5 Å². The third-order valence-corrected chi connectivity index (χ3v) is 7.53. The van der Waals surface area contributed by atoms with Crippen molar-refractivity contribution in [1.82, 2.24) is 20.2 Å². The number of rotatable bonds is 4. The third kappa shape index (κ3) is 5.44. The van der Waals surface area contributed by atoms with Crippen molar-refractivity contribution in [3.63, 3.8) is 0 Å². The van der Waals surface area contributed by atoms with E-state index >= 15 is 0 Å². The number of hydroxylamine groups is 2. The van der Waals surface area contributed by atoms with E-state index in [0.717, 1.165) is 21.9 Å². The highest BCUT2D eigenvalue weighted by atomic mass is 16.7. The molecule has 3 aliphatic heterocycles. The molecule has 0 unspecified atom stereocenters. The normalized spacial score (nSPS) is 22.3. The third-order valence-electron chi connectivity index (χ3n) is 7.53. The Morgan fingerprint density at radius 3 is 2.39 bits per heavy atom. The van der Waals surface area contributed by atoms with Crippen LogP contribution in [0.25, 0.3) is 0 Å². The highest BCUT2D eigenvalue weighted by Gasteiger charge is 2.38. The zero-order valence-corrected chi connectivity index (χ0v) is 21.5. The van der Waals surface area contributed by atoms with E-state index in [1.54, 1.807) is 4.90 Å². The Kier molecular flexibility index (Phi) is 7.48. The molecule has 5 rings (SSSR count). The Morgan fingerprint density at radius 2 is 1.66 bits per heavy atom. The SMILES string of the molecule is CC(=O)ON1C(=O)[C@H](NC(=O)N2CCC(N3Cc4ccccc4NC3=O)CC2)CCC[C@@H]1c1ccccc1. The number of para-hydroxylation sites is 1. The van der Waals surface area contributed by atoms with E-state index in [2.05, 4.69) is 10.6 Å². The number of likely N-dealkylation sites (tertiary alicyclic amines) is 1. The molecule has 5 amide bonds. The lowest BCUT2D eigenvalue weighted by molar-refractivity contribution is -0.207. The molecule has 10 nitrogen and oxygen atoms in total. The molecule has 2 atom stereocenters. The number of carbonyl (C=O) groups excluding carboxylic acids is 4. The van der Waals surface area contributed by atoms with Crippen molar-refractivity contribution in [2.24, 2.45) is 0 Å². The average Bonchev–Trinajstić information content (AvgIpc) is 3.07. The van der Waals surface area contributed by atoms with Gasteiger partial charge in [-0.2, -0.15) is 5.06 Å². The molecule has 0 aromatic heterocycles. The summed E-state index contributed by atoms with van der Waals surface area (Å²) >= 11 is 0. The molecule has 38 heavy (non-hydrogen) atoms. The molecule has 10 heteroatoms. The van der Waals surface area contributed by atoms with Crippen LogP contribution < -0.4 is 10.6 Å². The van der Waals surface area contributed by atoms with Crippen LogP contribution in [0, 0.1) is 0 Å². The molecule has 2 aromatic carbocycles. The number of anilines is 1. The molecular weight excluding hydrogens is 486 g/mol. The fourth-order valence-electron chi connectivity index (χ4n) is 5.56. The molecule has 2 N–H and O–H groups in total. The summed E-state index contributed by atoms with van der Waals surface area (Å²) in [5, 5.41) is 6.97. The Hall–Kier alpha value is -4.08. The molecule has 0 aliphatic carbocycles. The van der Waals surface area contributed by atoms with Gasteiger partial charge in [-0.1, -0.05) is 48.5 Å². The van der Waals surface area contributed by atoms with Crippen LogP contribution in [0.1, 0.15) is 56.2 Å². The number of fused-ring (bicyclic) bond motifs is 1. The molecule has 0 spiro atoms. The number of piperidine rings is 1. The minimum atomic E-state index is -0.794. The average molecular weight is 520 g/mol. The van der Waals surface area contributed by atoms with Crippen molar-refractivity contribution < 1.29 is 24.0 Å². The first-order chi connectivity index (χ1) is 18.4. The van der Waals surface area contributed by atoms with Crippen LogP contribution in [0.4, 0.5) is 15.3 Å². The van der Waals surface area contributed by atoms with E-state index in [4.69, 9.17) is 4.84 Å². The van der Waals surface area contributed by atoms with Gasteiger partial charge in [-0.15, -0.1) is 0 Å². The number of nitrogens with one attached hydrogen (secondary N) is 2. The lowest BCUT2D eigenvalue weighted by atomic mass is 10.0. The summed E-state index contributed by atoms with van der Waals surface area (Å²) in [5.41, 5.74) is 2.79. The van der Waals surface area contributed by atoms with Crippen LogP contribution in [-0.4, -0.2) is 64.0 Å². The van der Waals surface area contributed by atoms with E-state index < -0.39 is 24.0 Å². The largest absolute Gasteiger partial charge is 0.338 e. The van der Waals surface area contributed by atoms with E-state index in [-0.39, 0.29) is 18.1 Å². The number of urea groups is 2. The van der Waals surface area contributed by atoms with Gasteiger partial charge in [0.05, 0.1) is 6.04 Å². The Bertz CT molecular complexity index is 1200. The summed E-state index contributed by atoms with van der Waals surface area (Å²) in [7, 11) is 0. The number of carbonyl (C=O) groups is 4. The van der Waals surface area contributed by atoms with Gasteiger partial charge in [-0.3, -0.25) is 9.59 Å². The first-order valence-corrected chi connectivity index (χ1v) is 13.2. The van der Waals surface area contributed by atoms with Crippen molar-refractivity contribution in [3.05, 3.63) is 65.7 Å². The lowest BCUT2D eigenvalue weighted by Gasteiger charge is -2.40. The molecule has 2 fully saturated rings. The number of hydrogen-bond donors (Lipinski definition) is 2. The number of benzene rings is 2. The number of hydrogen-bond acceptors (Lipinski definition) is 5. The summed E-state index contributed by atoms with van der Waals surface area (Å²) < 4.78 is 0. The molecule has 0 radical (unpaired) electrons. The second-order valence-corrected chi connectivity index (χ2v) is 10.0. The minimum Gasteiger partial charge on any atom is -0.338 e. The zero-order chi connectivity index (χ0) is 26.6. The van der Waals surface area contributed by atoms with Gasteiger partial charge in [-0.05, 0) is 49.3 Å². The summed E-state index contributed by atoms with van der Waals surface area (Å²) in [4.78, 5) is 60.0. The molecule has 3 aliphatic rings. The summed E-state index contributed by atoms with van der Waals surface area (Å²) in [6, 6.07) is 15.6. The Balaban J connectivity index is 1.20. The fourth-order valence-corrected chi connectivity index (χ4v) is 5.56. The molecular formula is C28H33N5O5. The van der Waals surface area contributed by atoms with Gasteiger partial charge in [0.25, 0.3) is 5.91 Å². The summed E-state index contributed by atoms with van der Waals surface area (Å²) in [6.45, 7) is 2.76. The molecule has 3 heterocycles. The second-order valence-electron chi connectivity index (χ2n) is 10.0. The van der Waals surface area contributed by atoms with Crippen molar-refractivity contribution >= 4 is 29.6 Å². The molecule has 200 valence electrons. The Labute approximate surface area is 221 Å². The standard InChI is InChI=1S/C28H33N5O5/c1-19(34)38-33-25(20-8-3-2-4-9-20)13-7-12-24(26(33)35)30-27(36)31-16-14-22(15-17-31)32-18-21-10-5-6-11-23(21)29-28(32)37/h2-6,8-11,22,24-25H,7,12-18H2,1H3,(H,29,37)(H,30,36)/t24-,25-/m1/s1. The predicted octanol–water partition coefficient (Wildman–Crippen LogP) is 3.81. The minimum absolute atomic E-state index is 0.0259. The second kappa shape index (κ2) is 11.1. The lowest BCUT2D eigenvalue weighted by Crippen LogP contribution is -2.55. The molecule has 0 saturated carbocycles. The smallest absolute Gasteiger partial charge is 0.329 e. The van der Waals surface area contributed by atoms with Crippen LogP contribution >= 0.6 is 0 Å². The number of nitrogens with zero attached hydrogens (tertiary/aromatic N) is 3. The van der Waals surface area contributed by atoms with Gasteiger partial charge in [0, 0.05) is 38.3 Å². The van der Waals surface area contributed by atoms with Crippen molar-refractivity contribution in [3.8, 4) is 0 Å². The molecule has 0 bridgehead atoms. The van der Waals surface area contributed by atoms with Crippen LogP contribution in [0.3, 0.4) is 0 Å². The van der Waals surface area contributed by atoms with Crippen LogP contribution in [0.15, 0.2) is 54.6 Å². The van der Waals surface area contributed by atoms with Crippen LogP contribution in [0.5, 0.6) is 0 Å². The molecule has 2 saturated heterocycles.